The summed E-state index contributed by atoms with van der Waals surface area (Å²) in [6.07, 6.45) is 4.81. The van der Waals surface area contributed by atoms with Gasteiger partial charge in [-0.15, -0.1) is 0 Å². The highest BCUT2D eigenvalue weighted by molar-refractivity contribution is 6.05. The first kappa shape index (κ1) is 19.9. The largest absolute Gasteiger partial charge is 0.376 e. The van der Waals surface area contributed by atoms with E-state index in [9.17, 15) is 4.79 Å². The first-order valence-electron chi connectivity index (χ1n) is 9.84. The summed E-state index contributed by atoms with van der Waals surface area (Å²) in [5.41, 5.74) is 2.74. The van der Waals surface area contributed by atoms with Crippen LogP contribution in [0, 0.1) is 0 Å². The summed E-state index contributed by atoms with van der Waals surface area (Å²) in [4.78, 5) is 25.6. The maximum Gasteiger partial charge on any atom is 0.274 e. The molecule has 4 rings (SSSR count). The summed E-state index contributed by atoms with van der Waals surface area (Å²) in [6, 6.07) is 13.2. The molecule has 1 aliphatic heterocycles. The van der Waals surface area contributed by atoms with Crippen molar-refractivity contribution in [2.24, 2.45) is 0 Å². The Labute approximate surface area is 174 Å². The van der Waals surface area contributed by atoms with E-state index in [1.165, 1.54) is 0 Å². The second-order valence-electron chi connectivity index (χ2n) is 6.79. The third-order valence-electron chi connectivity index (χ3n) is 4.77. The first-order chi connectivity index (χ1) is 14.7. The molecule has 1 saturated heterocycles. The Bertz CT molecular complexity index is 999. The van der Waals surface area contributed by atoms with Crippen LogP contribution >= 0.6 is 0 Å². The Kier molecular flexibility index (Phi) is 6.26. The lowest BCUT2D eigenvalue weighted by atomic mass is 10.1. The van der Waals surface area contributed by atoms with Gasteiger partial charge in [-0.1, -0.05) is 30.3 Å². The lowest BCUT2D eigenvalue weighted by molar-refractivity contribution is 0.0477. The minimum atomic E-state index is -0.338. The van der Waals surface area contributed by atoms with Crippen molar-refractivity contribution >= 4 is 17.5 Å². The molecule has 8 heteroatoms. The number of nitrogens with one attached hydrogen (secondary N) is 2. The Hall–Kier alpha value is -3.36. The molecule has 3 heterocycles. The van der Waals surface area contributed by atoms with Crippen molar-refractivity contribution in [1.29, 1.82) is 0 Å². The van der Waals surface area contributed by atoms with Crippen LogP contribution in [0.25, 0.3) is 11.1 Å². The lowest BCUT2D eigenvalue weighted by Gasteiger charge is -2.18. The van der Waals surface area contributed by atoms with Crippen LogP contribution in [0.4, 0.5) is 11.6 Å². The van der Waals surface area contributed by atoms with Crippen molar-refractivity contribution in [3.05, 3.63) is 66.7 Å². The number of rotatable bonds is 7. The molecule has 0 aliphatic carbocycles. The molecule has 8 nitrogen and oxygen atoms in total. The fourth-order valence-corrected chi connectivity index (χ4v) is 3.32. The summed E-state index contributed by atoms with van der Waals surface area (Å²) in [5.74, 6) is 0.0204. The van der Waals surface area contributed by atoms with E-state index in [-0.39, 0.29) is 23.7 Å². The normalized spacial score (nSPS) is 18.2. The molecule has 1 amide bonds. The zero-order valence-electron chi connectivity index (χ0n) is 16.6. The molecule has 1 fully saturated rings. The number of anilines is 2. The first-order valence-corrected chi connectivity index (χ1v) is 9.84. The van der Waals surface area contributed by atoms with E-state index >= 15 is 0 Å². The smallest absolute Gasteiger partial charge is 0.274 e. The van der Waals surface area contributed by atoms with Gasteiger partial charge in [0.25, 0.3) is 5.91 Å². The van der Waals surface area contributed by atoms with Crippen molar-refractivity contribution < 1.29 is 14.3 Å². The highest BCUT2D eigenvalue weighted by Gasteiger charge is 2.29. The number of aromatic nitrogens is 3. The van der Waals surface area contributed by atoms with Crippen LogP contribution in [0.5, 0.6) is 0 Å². The lowest BCUT2D eigenvalue weighted by Crippen LogP contribution is -2.35. The minimum absolute atomic E-state index is 0.0636. The van der Waals surface area contributed by atoms with Gasteiger partial charge >= 0.3 is 0 Å². The Morgan fingerprint density at radius 3 is 2.87 bits per heavy atom. The zero-order chi connectivity index (χ0) is 20.8. The standard InChI is InChI=1S/C22H23N5O3/c1-2-30-20-14-29-13-19(20)27-22-24-11-9-17(26-22)21(28)25-18-12-23-10-8-16(18)15-6-4-3-5-7-15/h3-12,19-20H,2,13-14H2,1H3,(H,25,28)(H,24,26,27)/t19-,20-/m0/s1. The topological polar surface area (TPSA) is 98.3 Å². The molecule has 154 valence electrons. The maximum atomic E-state index is 12.8. The summed E-state index contributed by atoms with van der Waals surface area (Å²) in [7, 11) is 0. The number of carbonyl (C=O) groups excluding carboxylic acids is 1. The maximum absolute atomic E-state index is 12.8. The van der Waals surface area contributed by atoms with Crippen LogP contribution in [-0.2, 0) is 9.47 Å². The van der Waals surface area contributed by atoms with Crippen molar-refractivity contribution in [2.45, 2.75) is 19.1 Å². The fourth-order valence-electron chi connectivity index (χ4n) is 3.32. The molecular weight excluding hydrogens is 382 g/mol. The van der Waals surface area contributed by atoms with Gasteiger partial charge in [0.1, 0.15) is 11.8 Å². The van der Waals surface area contributed by atoms with E-state index < -0.39 is 0 Å². The third kappa shape index (κ3) is 4.61. The number of nitrogens with zero attached hydrogens (tertiary/aromatic N) is 3. The van der Waals surface area contributed by atoms with E-state index in [2.05, 4.69) is 25.6 Å². The van der Waals surface area contributed by atoms with Gasteiger partial charge < -0.3 is 20.1 Å². The van der Waals surface area contributed by atoms with Gasteiger partial charge in [0.05, 0.1) is 31.1 Å². The Balaban J connectivity index is 1.50. The Morgan fingerprint density at radius 1 is 1.17 bits per heavy atom. The molecule has 0 saturated carbocycles. The molecule has 30 heavy (non-hydrogen) atoms. The number of pyridine rings is 1. The molecule has 2 aromatic heterocycles. The number of amides is 1. The number of carbonyl (C=O) groups is 1. The van der Waals surface area contributed by atoms with Crippen molar-refractivity contribution in [3.8, 4) is 11.1 Å². The second-order valence-corrected chi connectivity index (χ2v) is 6.79. The zero-order valence-corrected chi connectivity index (χ0v) is 16.6. The van der Waals surface area contributed by atoms with E-state index in [1.807, 2.05) is 43.3 Å². The van der Waals surface area contributed by atoms with Crippen LogP contribution in [0.3, 0.4) is 0 Å². The van der Waals surface area contributed by atoms with Gasteiger partial charge in [0, 0.05) is 24.6 Å². The minimum Gasteiger partial charge on any atom is -0.376 e. The van der Waals surface area contributed by atoms with Gasteiger partial charge in [-0.25, -0.2) is 9.97 Å². The molecule has 2 atom stereocenters. The summed E-state index contributed by atoms with van der Waals surface area (Å²) < 4.78 is 11.1. The van der Waals surface area contributed by atoms with Gasteiger partial charge in [-0.2, -0.15) is 0 Å². The quantitative estimate of drug-likeness (QED) is 0.623. The highest BCUT2D eigenvalue weighted by atomic mass is 16.5. The van der Waals surface area contributed by atoms with E-state index in [0.29, 0.717) is 31.5 Å². The van der Waals surface area contributed by atoms with Crippen molar-refractivity contribution in [3.63, 3.8) is 0 Å². The summed E-state index contributed by atoms with van der Waals surface area (Å²) in [6.45, 7) is 3.57. The van der Waals surface area contributed by atoms with Crippen LogP contribution in [0.1, 0.15) is 17.4 Å². The fraction of sp³-hybridized carbons (Fsp3) is 0.273. The van der Waals surface area contributed by atoms with Crippen molar-refractivity contribution in [1.82, 2.24) is 15.0 Å². The van der Waals surface area contributed by atoms with E-state index in [1.54, 1.807) is 24.7 Å². The molecule has 0 unspecified atom stereocenters. The number of ether oxygens (including phenoxy) is 2. The van der Waals surface area contributed by atoms with Crippen LogP contribution in [-0.4, -0.2) is 52.8 Å². The number of benzene rings is 1. The van der Waals surface area contributed by atoms with Crippen LogP contribution in [0.15, 0.2) is 61.1 Å². The Morgan fingerprint density at radius 2 is 2.03 bits per heavy atom. The van der Waals surface area contributed by atoms with Crippen LogP contribution < -0.4 is 10.6 Å². The highest BCUT2D eigenvalue weighted by Crippen LogP contribution is 2.27. The predicted molar refractivity (Wildman–Crippen MR) is 113 cm³/mol. The molecule has 0 radical (unpaired) electrons. The third-order valence-corrected chi connectivity index (χ3v) is 4.77. The van der Waals surface area contributed by atoms with Gasteiger partial charge in [-0.3, -0.25) is 9.78 Å². The molecule has 1 aliphatic rings. The summed E-state index contributed by atoms with van der Waals surface area (Å²) >= 11 is 0. The number of hydrogen-bond donors (Lipinski definition) is 2. The van der Waals surface area contributed by atoms with E-state index in [4.69, 9.17) is 9.47 Å². The van der Waals surface area contributed by atoms with Gasteiger partial charge in [0.2, 0.25) is 5.95 Å². The monoisotopic (exact) mass is 405 g/mol. The molecule has 3 aromatic rings. The van der Waals surface area contributed by atoms with Crippen LogP contribution in [0.2, 0.25) is 0 Å². The average Bonchev–Trinajstić information content (AvgIpc) is 3.22. The molecule has 0 spiro atoms. The predicted octanol–water partition coefficient (Wildman–Crippen LogP) is 3.01. The molecule has 0 bridgehead atoms. The summed E-state index contributed by atoms with van der Waals surface area (Å²) in [5, 5.41) is 6.11. The van der Waals surface area contributed by atoms with Crippen molar-refractivity contribution in [2.75, 3.05) is 30.5 Å². The SMILES string of the molecule is CCO[C@H]1COC[C@@H]1Nc1nccc(C(=O)Nc2cnccc2-c2ccccc2)n1. The average molecular weight is 405 g/mol. The number of hydrogen-bond acceptors (Lipinski definition) is 7. The second kappa shape index (κ2) is 9.43. The molecule has 2 N–H and O–H groups in total. The molecular formula is C22H23N5O3. The van der Waals surface area contributed by atoms with Gasteiger partial charge in [0.15, 0.2) is 0 Å². The van der Waals surface area contributed by atoms with E-state index in [0.717, 1.165) is 11.1 Å². The molecule has 1 aromatic carbocycles. The van der Waals surface area contributed by atoms with Gasteiger partial charge in [-0.05, 0) is 24.6 Å².